The second-order valence-electron chi connectivity index (χ2n) is 5.41. The maximum Gasteiger partial charge on any atom is 0.222 e. The summed E-state index contributed by atoms with van der Waals surface area (Å²) in [6.07, 6.45) is 2.04. The highest BCUT2D eigenvalue weighted by Gasteiger charge is 2.14. The summed E-state index contributed by atoms with van der Waals surface area (Å²) in [5.74, 6) is 0.339. The van der Waals surface area contributed by atoms with Gasteiger partial charge in [0, 0.05) is 31.1 Å². The Morgan fingerprint density at radius 1 is 1.12 bits per heavy atom. The van der Waals surface area contributed by atoms with Crippen molar-refractivity contribution in [2.75, 3.05) is 13.1 Å². The van der Waals surface area contributed by atoms with Crippen LogP contribution in [0.25, 0.3) is 0 Å². The lowest BCUT2D eigenvalue weighted by molar-refractivity contribution is -0.124. The Morgan fingerprint density at radius 3 is 2.06 bits per heavy atom. The van der Waals surface area contributed by atoms with Gasteiger partial charge in [0.25, 0.3) is 0 Å². The summed E-state index contributed by atoms with van der Waals surface area (Å²) in [6.45, 7) is 14.6. The Hall–Kier alpha value is -0.570. The van der Waals surface area contributed by atoms with Crippen molar-refractivity contribution in [1.29, 1.82) is 0 Å². The lowest BCUT2D eigenvalue weighted by Crippen LogP contribution is -2.43. The molecular formula is C14H30N2O. The monoisotopic (exact) mass is 242 g/mol. The molecule has 0 radical (unpaired) electrons. The molecule has 0 aromatic carbocycles. The van der Waals surface area contributed by atoms with E-state index in [0.717, 1.165) is 25.9 Å². The van der Waals surface area contributed by atoms with Crippen LogP contribution in [0.5, 0.6) is 0 Å². The number of amides is 1. The Labute approximate surface area is 107 Å². The lowest BCUT2D eigenvalue weighted by Gasteiger charge is -2.30. The van der Waals surface area contributed by atoms with Gasteiger partial charge in [0.15, 0.2) is 0 Å². The molecule has 0 rings (SSSR count). The number of nitrogens with zero attached hydrogens (tertiary/aromatic N) is 1. The summed E-state index contributed by atoms with van der Waals surface area (Å²) < 4.78 is 0. The van der Waals surface area contributed by atoms with Crippen LogP contribution in [0.15, 0.2) is 0 Å². The first kappa shape index (κ1) is 16.4. The van der Waals surface area contributed by atoms with Crippen molar-refractivity contribution in [2.45, 2.75) is 66.5 Å². The van der Waals surface area contributed by atoms with Gasteiger partial charge in [-0.25, -0.2) is 0 Å². The molecule has 1 N–H and O–H groups in total. The molecular weight excluding hydrogens is 212 g/mol. The Morgan fingerprint density at radius 2 is 1.65 bits per heavy atom. The van der Waals surface area contributed by atoms with E-state index in [1.54, 1.807) is 0 Å². The van der Waals surface area contributed by atoms with E-state index in [1.807, 2.05) is 6.92 Å². The minimum absolute atomic E-state index is 0.145. The first-order chi connectivity index (χ1) is 7.90. The minimum Gasteiger partial charge on any atom is -0.355 e. The lowest BCUT2D eigenvalue weighted by atomic mass is 10.1. The molecule has 17 heavy (non-hydrogen) atoms. The average Bonchev–Trinajstić information content (AvgIpc) is 2.23. The van der Waals surface area contributed by atoms with E-state index in [1.165, 1.54) is 0 Å². The van der Waals surface area contributed by atoms with E-state index in [-0.39, 0.29) is 11.8 Å². The molecule has 0 saturated heterocycles. The number of rotatable bonds is 8. The summed E-state index contributed by atoms with van der Waals surface area (Å²) in [6, 6.07) is 1.06. The summed E-state index contributed by atoms with van der Waals surface area (Å²) in [5, 5.41) is 3.03. The fraction of sp³-hybridized carbons (Fsp3) is 0.929. The van der Waals surface area contributed by atoms with Crippen LogP contribution in [0.2, 0.25) is 0 Å². The third kappa shape index (κ3) is 6.67. The molecule has 0 bridgehead atoms. The molecule has 1 atom stereocenters. The van der Waals surface area contributed by atoms with Crippen molar-refractivity contribution in [3.63, 3.8) is 0 Å². The maximum absolute atomic E-state index is 11.7. The van der Waals surface area contributed by atoms with Crippen molar-refractivity contribution in [1.82, 2.24) is 10.2 Å². The smallest absolute Gasteiger partial charge is 0.222 e. The van der Waals surface area contributed by atoms with Gasteiger partial charge in [-0.1, -0.05) is 20.3 Å². The fourth-order valence-corrected chi connectivity index (χ4v) is 2.16. The summed E-state index contributed by atoms with van der Waals surface area (Å²) in [5.41, 5.74) is 0. The molecule has 0 aromatic heterocycles. The Balaban J connectivity index is 3.92. The van der Waals surface area contributed by atoms with Gasteiger partial charge in [0.05, 0.1) is 0 Å². The van der Waals surface area contributed by atoms with Gasteiger partial charge in [-0.2, -0.15) is 0 Å². The SMILES string of the molecule is CCCC(C)C(=O)NCCN(C(C)C)C(C)C. The van der Waals surface area contributed by atoms with Crippen LogP contribution in [-0.4, -0.2) is 36.0 Å². The highest BCUT2D eigenvalue weighted by Crippen LogP contribution is 2.05. The zero-order valence-corrected chi connectivity index (χ0v) is 12.4. The summed E-state index contributed by atoms with van der Waals surface area (Å²) >= 11 is 0. The molecule has 0 aliphatic heterocycles. The predicted molar refractivity (Wildman–Crippen MR) is 74.1 cm³/mol. The van der Waals surface area contributed by atoms with Crippen molar-refractivity contribution < 1.29 is 4.79 Å². The topological polar surface area (TPSA) is 32.3 Å². The Kier molecular flexibility index (Phi) is 8.23. The van der Waals surface area contributed by atoms with Gasteiger partial charge >= 0.3 is 0 Å². The third-order valence-corrected chi connectivity index (χ3v) is 3.17. The summed E-state index contributed by atoms with van der Waals surface area (Å²) in [7, 11) is 0. The van der Waals surface area contributed by atoms with Crippen LogP contribution < -0.4 is 5.32 Å². The third-order valence-electron chi connectivity index (χ3n) is 3.17. The molecule has 0 aromatic rings. The fourth-order valence-electron chi connectivity index (χ4n) is 2.16. The van der Waals surface area contributed by atoms with Crippen molar-refractivity contribution >= 4 is 5.91 Å². The first-order valence-corrected chi connectivity index (χ1v) is 6.93. The molecule has 0 aliphatic rings. The highest BCUT2D eigenvalue weighted by molar-refractivity contribution is 5.78. The van der Waals surface area contributed by atoms with E-state index in [2.05, 4.69) is 44.8 Å². The molecule has 1 amide bonds. The van der Waals surface area contributed by atoms with Gasteiger partial charge in [0.1, 0.15) is 0 Å². The Bertz CT molecular complexity index is 206. The molecule has 3 heteroatoms. The molecule has 1 unspecified atom stereocenters. The second kappa shape index (κ2) is 8.51. The molecule has 0 aliphatic carbocycles. The summed E-state index contributed by atoms with van der Waals surface area (Å²) in [4.78, 5) is 14.1. The van der Waals surface area contributed by atoms with Crippen LogP contribution in [0.4, 0.5) is 0 Å². The number of hydrogen-bond donors (Lipinski definition) is 1. The molecule has 0 saturated carbocycles. The molecule has 0 spiro atoms. The van der Waals surface area contributed by atoms with Gasteiger partial charge in [-0.05, 0) is 34.1 Å². The molecule has 3 nitrogen and oxygen atoms in total. The number of hydrogen-bond acceptors (Lipinski definition) is 2. The molecule has 0 heterocycles. The van der Waals surface area contributed by atoms with Crippen molar-refractivity contribution in [3.8, 4) is 0 Å². The zero-order valence-electron chi connectivity index (χ0n) is 12.4. The van der Waals surface area contributed by atoms with Crippen LogP contribution in [0.1, 0.15) is 54.4 Å². The van der Waals surface area contributed by atoms with Crippen LogP contribution in [-0.2, 0) is 4.79 Å². The van der Waals surface area contributed by atoms with Crippen LogP contribution in [0, 0.1) is 5.92 Å². The standard InChI is InChI=1S/C14H30N2O/c1-7-8-13(6)14(17)15-9-10-16(11(2)3)12(4)5/h11-13H,7-10H2,1-6H3,(H,15,17). The second-order valence-corrected chi connectivity index (χ2v) is 5.41. The predicted octanol–water partition coefficient (Wildman–Crippen LogP) is 2.66. The van der Waals surface area contributed by atoms with E-state index in [0.29, 0.717) is 12.1 Å². The maximum atomic E-state index is 11.7. The normalized spacial score (nSPS) is 13.5. The minimum atomic E-state index is 0.145. The number of nitrogens with one attached hydrogen (secondary N) is 1. The zero-order chi connectivity index (χ0) is 13.4. The van der Waals surface area contributed by atoms with E-state index in [9.17, 15) is 4.79 Å². The van der Waals surface area contributed by atoms with Gasteiger partial charge in [-0.3, -0.25) is 9.69 Å². The average molecular weight is 242 g/mol. The molecule has 0 fully saturated rings. The van der Waals surface area contributed by atoms with E-state index in [4.69, 9.17) is 0 Å². The highest BCUT2D eigenvalue weighted by atomic mass is 16.1. The van der Waals surface area contributed by atoms with Crippen molar-refractivity contribution in [2.24, 2.45) is 5.92 Å². The van der Waals surface area contributed by atoms with Gasteiger partial charge in [-0.15, -0.1) is 0 Å². The number of carbonyl (C=O) groups is 1. The largest absolute Gasteiger partial charge is 0.355 e. The molecule has 102 valence electrons. The quantitative estimate of drug-likeness (QED) is 0.709. The number of carbonyl (C=O) groups excluding carboxylic acids is 1. The first-order valence-electron chi connectivity index (χ1n) is 6.93. The van der Waals surface area contributed by atoms with Crippen molar-refractivity contribution in [3.05, 3.63) is 0 Å². The van der Waals surface area contributed by atoms with E-state index < -0.39 is 0 Å². The van der Waals surface area contributed by atoms with Crippen LogP contribution >= 0.6 is 0 Å². The van der Waals surface area contributed by atoms with Crippen LogP contribution in [0.3, 0.4) is 0 Å². The van der Waals surface area contributed by atoms with Gasteiger partial charge < -0.3 is 5.32 Å². The van der Waals surface area contributed by atoms with Gasteiger partial charge in [0.2, 0.25) is 5.91 Å². The van der Waals surface area contributed by atoms with E-state index >= 15 is 0 Å².